The minimum absolute atomic E-state index is 0.170. The zero-order valence-corrected chi connectivity index (χ0v) is 15.3. The zero-order valence-electron chi connectivity index (χ0n) is 15.3. The van der Waals surface area contributed by atoms with Gasteiger partial charge in [-0.05, 0) is 80.8 Å². The van der Waals surface area contributed by atoms with E-state index in [1.54, 1.807) is 7.11 Å². The Bertz CT molecular complexity index is 674. The van der Waals surface area contributed by atoms with E-state index >= 15 is 0 Å². The highest BCUT2D eigenvalue weighted by Crippen LogP contribution is 2.54. The van der Waals surface area contributed by atoms with Crippen LogP contribution in [0, 0.1) is 5.92 Å². The van der Waals surface area contributed by atoms with Crippen molar-refractivity contribution in [2.24, 2.45) is 5.92 Å². The Morgan fingerprint density at radius 1 is 1.32 bits per heavy atom. The van der Waals surface area contributed by atoms with Gasteiger partial charge in [0.05, 0.1) is 12.7 Å². The third kappa shape index (κ3) is 2.30. The van der Waals surface area contributed by atoms with Gasteiger partial charge in [-0.15, -0.1) is 0 Å². The lowest BCUT2D eigenvalue weighted by Gasteiger charge is -2.61. The standard InChI is InChI=1S/C21H30N2O2/c1-25-17-6-5-16-11-19-21(24)7-2-9-22-14-20(21,18(16)12-17)8-10-23(19)13-15-3-4-15/h5-6,12,15,19,22,24H,2-4,7-11,13-14H2,1H3/t19-,20-,21-/m1/s1. The van der Waals surface area contributed by atoms with E-state index in [-0.39, 0.29) is 11.5 Å². The minimum atomic E-state index is -0.622. The van der Waals surface area contributed by atoms with E-state index in [0.29, 0.717) is 0 Å². The van der Waals surface area contributed by atoms with E-state index in [1.165, 1.54) is 30.5 Å². The van der Waals surface area contributed by atoms with Crippen molar-refractivity contribution < 1.29 is 9.84 Å². The number of likely N-dealkylation sites (tertiary alicyclic amines) is 1. The van der Waals surface area contributed by atoms with Crippen molar-refractivity contribution in [2.45, 2.75) is 55.6 Å². The SMILES string of the molecule is COc1ccc2c(c1)[C@]13CCN(CC4CC4)[C@H](C2)[C@]1(O)CCCNC3. The maximum atomic E-state index is 12.1. The molecule has 136 valence electrons. The summed E-state index contributed by atoms with van der Waals surface area (Å²) in [5.74, 6) is 1.79. The minimum Gasteiger partial charge on any atom is -0.497 e. The number of methoxy groups -OCH3 is 1. The van der Waals surface area contributed by atoms with Crippen molar-refractivity contribution >= 4 is 0 Å². The molecule has 0 spiro atoms. The van der Waals surface area contributed by atoms with Crippen LogP contribution in [-0.4, -0.2) is 54.9 Å². The molecule has 2 aliphatic carbocycles. The van der Waals surface area contributed by atoms with E-state index in [4.69, 9.17) is 4.74 Å². The molecule has 1 saturated carbocycles. The molecule has 1 aromatic rings. The Morgan fingerprint density at radius 2 is 2.20 bits per heavy atom. The fourth-order valence-electron chi connectivity index (χ4n) is 5.89. The Balaban J connectivity index is 1.64. The molecule has 2 aliphatic heterocycles. The molecule has 3 fully saturated rings. The van der Waals surface area contributed by atoms with Gasteiger partial charge < -0.3 is 15.2 Å². The topological polar surface area (TPSA) is 44.7 Å². The summed E-state index contributed by atoms with van der Waals surface area (Å²) in [4.78, 5) is 2.63. The number of piperidine rings is 1. The molecule has 25 heavy (non-hydrogen) atoms. The second-order valence-electron chi connectivity index (χ2n) is 8.72. The lowest BCUT2D eigenvalue weighted by molar-refractivity contribution is -0.147. The molecular formula is C21H30N2O2. The van der Waals surface area contributed by atoms with Crippen molar-refractivity contribution in [1.29, 1.82) is 0 Å². The van der Waals surface area contributed by atoms with Gasteiger partial charge in [0.25, 0.3) is 0 Å². The van der Waals surface area contributed by atoms with Gasteiger partial charge in [-0.1, -0.05) is 6.07 Å². The third-order valence-corrected chi connectivity index (χ3v) is 7.42. The number of aliphatic hydroxyl groups is 1. The highest BCUT2D eigenvalue weighted by Gasteiger charge is 2.62. The van der Waals surface area contributed by atoms with Gasteiger partial charge in [0, 0.05) is 24.5 Å². The van der Waals surface area contributed by atoms with Gasteiger partial charge in [-0.2, -0.15) is 0 Å². The molecule has 0 aromatic heterocycles. The number of benzene rings is 1. The summed E-state index contributed by atoms with van der Waals surface area (Å²) < 4.78 is 5.53. The predicted octanol–water partition coefficient (Wildman–Crippen LogP) is 2.09. The van der Waals surface area contributed by atoms with E-state index in [9.17, 15) is 5.11 Å². The Morgan fingerprint density at radius 3 is 3.00 bits per heavy atom. The van der Waals surface area contributed by atoms with Gasteiger partial charge in [-0.25, -0.2) is 0 Å². The summed E-state index contributed by atoms with van der Waals surface area (Å²) in [6.45, 7) is 4.19. The lowest BCUT2D eigenvalue weighted by atomic mass is 9.53. The molecule has 0 radical (unpaired) electrons. The monoisotopic (exact) mass is 342 g/mol. The molecule has 4 aliphatic rings. The van der Waals surface area contributed by atoms with E-state index in [0.717, 1.165) is 57.0 Å². The number of ether oxygens (including phenoxy) is 1. The molecule has 4 heteroatoms. The van der Waals surface area contributed by atoms with Gasteiger partial charge in [0.2, 0.25) is 0 Å². The first kappa shape index (κ1) is 16.1. The summed E-state index contributed by atoms with van der Waals surface area (Å²) in [5.41, 5.74) is 1.96. The summed E-state index contributed by atoms with van der Waals surface area (Å²) in [5, 5.41) is 15.8. The van der Waals surface area contributed by atoms with E-state index in [2.05, 4.69) is 28.4 Å². The highest BCUT2D eigenvalue weighted by atomic mass is 16.5. The van der Waals surface area contributed by atoms with Crippen LogP contribution in [0.15, 0.2) is 18.2 Å². The smallest absolute Gasteiger partial charge is 0.119 e. The summed E-state index contributed by atoms with van der Waals surface area (Å²) in [7, 11) is 1.74. The first-order valence-corrected chi connectivity index (χ1v) is 10.0. The van der Waals surface area contributed by atoms with Crippen LogP contribution in [0.1, 0.15) is 43.2 Å². The molecule has 2 N–H and O–H groups in total. The largest absolute Gasteiger partial charge is 0.497 e. The number of nitrogens with one attached hydrogen (secondary N) is 1. The quantitative estimate of drug-likeness (QED) is 0.883. The van der Waals surface area contributed by atoms with E-state index < -0.39 is 5.60 Å². The van der Waals surface area contributed by atoms with Gasteiger partial charge in [0.1, 0.15) is 5.75 Å². The van der Waals surface area contributed by atoms with Crippen LogP contribution in [0.3, 0.4) is 0 Å². The Labute approximate surface area is 150 Å². The summed E-state index contributed by atoms with van der Waals surface area (Å²) >= 11 is 0. The van der Waals surface area contributed by atoms with Crippen LogP contribution in [0.4, 0.5) is 0 Å². The molecular weight excluding hydrogens is 312 g/mol. The van der Waals surface area contributed by atoms with Crippen LogP contribution >= 0.6 is 0 Å². The van der Waals surface area contributed by atoms with Crippen molar-refractivity contribution in [1.82, 2.24) is 10.2 Å². The number of fused-ring (bicyclic) bond motifs is 1. The second kappa shape index (κ2) is 5.70. The highest BCUT2D eigenvalue weighted by molar-refractivity contribution is 5.48. The number of rotatable bonds is 3. The molecule has 5 rings (SSSR count). The van der Waals surface area contributed by atoms with Gasteiger partial charge in [0.15, 0.2) is 0 Å². The molecule has 3 atom stereocenters. The fourth-order valence-corrected chi connectivity index (χ4v) is 5.89. The second-order valence-corrected chi connectivity index (χ2v) is 8.72. The molecule has 2 heterocycles. The average Bonchev–Trinajstić information content (AvgIpc) is 3.44. The number of hydrogen-bond donors (Lipinski definition) is 2. The van der Waals surface area contributed by atoms with Crippen molar-refractivity contribution in [2.75, 3.05) is 33.3 Å². The maximum Gasteiger partial charge on any atom is 0.119 e. The van der Waals surface area contributed by atoms with Crippen LogP contribution < -0.4 is 10.1 Å². The van der Waals surface area contributed by atoms with Crippen molar-refractivity contribution in [3.05, 3.63) is 29.3 Å². The lowest BCUT2D eigenvalue weighted by Crippen LogP contribution is -2.73. The van der Waals surface area contributed by atoms with Gasteiger partial charge >= 0.3 is 0 Å². The zero-order chi connectivity index (χ0) is 17.1. The maximum absolute atomic E-state index is 12.1. The number of hydrogen-bond acceptors (Lipinski definition) is 4. The summed E-state index contributed by atoms with van der Waals surface area (Å²) in [6, 6.07) is 6.81. The average molecular weight is 342 g/mol. The Hall–Kier alpha value is -1.10. The van der Waals surface area contributed by atoms with E-state index in [1.807, 2.05) is 0 Å². The molecule has 0 unspecified atom stereocenters. The third-order valence-electron chi connectivity index (χ3n) is 7.42. The normalized spacial score (nSPS) is 37.8. The predicted molar refractivity (Wildman–Crippen MR) is 98.1 cm³/mol. The molecule has 0 amide bonds. The molecule has 2 saturated heterocycles. The Kier molecular flexibility index (Phi) is 3.67. The first-order valence-electron chi connectivity index (χ1n) is 10.0. The fraction of sp³-hybridized carbons (Fsp3) is 0.714. The first-order chi connectivity index (χ1) is 12.2. The molecule has 2 bridgehead atoms. The summed E-state index contributed by atoms with van der Waals surface area (Å²) in [6.07, 6.45) is 6.74. The van der Waals surface area contributed by atoms with Crippen LogP contribution in [0.5, 0.6) is 5.75 Å². The molecule has 1 aromatic carbocycles. The van der Waals surface area contributed by atoms with Crippen molar-refractivity contribution in [3.63, 3.8) is 0 Å². The van der Waals surface area contributed by atoms with Crippen LogP contribution in [-0.2, 0) is 11.8 Å². The number of nitrogens with zero attached hydrogens (tertiary/aromatic N) is 1. The van der Waals surface area contributed by atoms with Crippen molar-refractivity contribution in [3.8, 4) is 5.75 Å². The molecule has 4 nitrogen and oxygen atoms in total. The van der Waals surface area contributed by atoms with Gasteiger partial charge in [-0.3, -0.25) is 4.90 Å². The van der Waals surface area contributed by atoms with Crippen LogP contribution in [0.2, 0.25) is 0 Å². The van der Waals surface area contributed by atoms with Crippen LogP contribution in [0.25, 0.3) is 0 Å².